The number of nitrogens with one attached hydrogen (secondary N) is 1. The molecule has 18 heavy (non-hydrogen) atoms. The first-order valence-electron chi connectivity index (χ1n) is 6.24. The minimum atomic E-state index is 0.675. The fourth-order valence-electron chi connectivity index (χ4n) is 2.10. The second-order valence-electron chi connectivity index (χ2n) is 4.96. The molecular formula is C14H17N3S. The van der Waals surface area contributed by atoms with E-state index in [9.17, 15) is 0 Å². The first-order chi connectivity index (χ1) is 8.61. The quantitative estimate of drug-likeness (QED) is 0.843. The summed E-state index contributed by atoms with van der Waals surface area (Å²) in [5.41, 5.74) is 2.71. The van der Waals surface area contributed by atoms with Crippen molar-refractivity contribution >= 4 is 23.3 Å². The van der Waals surface area contributed by atoms with Crippen LogP contribution in [0, 0.1) is 22.0 Å². The van der Waals surface area contributed by atoms with Gasteiger partial charge in [-0.05, 0) is 49.2 Å². The van der Waals surface area contributed by atoms with Crippen LogP contribution in [0.25, 0.3) is 11.0 Å². The SMILES string of the molecule is CC(C)CCCn1c(=S)[nH]c2ccc(C#N)cc21. The Morgan fingerprint density at radius 3 is 2.89 bits per heavy atom. The average molecular weight is 259 g/mol. The Morgan fingerprint density at radius 1 is 1.44 bits per heavy atom. The third-order valence-corrected chi connectivity index (χ3v) is 3.39. The van der Waals surface area contributed by atoms with Gasteiger partial charge in [-0.3, -0.25) is 0 Å². The Morgan fingerprint density at radius 2 is 2.22 bits per heavy atom. The standard InChI is InChI=1S/C14H17N3S/c1-10(2)4-3-7-17-13-8-11(9-15)5-6-12(13)16-14(17)18/h5-6,8,10H,3-4,7H2,1-2H3,(H,16,18). The van der Waals surface area contributed by atoms with Gasteiger partial charge in [0, 0.05) is 6.54 Å². The van der Waals surface area contributed by atoms with Gasteiger partial charge in [-0.1, -0.05) is 13.8 Å². The molecule has 1 N–H and O–H groups in total. The molecule has 0 unspecified atom stereocenters. The van der Waals surface area contributed by atoms with E-state index >= 15 is 0 Å². The summed E-state index contributed by atoms with van der Waals surface area (Å²) >= 11 is 5.34. The van der Waals surface area contributed by atoms with Crippen molar-refractivity contribution in [2.24, 2.45) is 5.92 Å². The lowest BCUT2D eigenvalue weighted by Crippen LogP contribution is -2.00. The summed E-state index contributed by atoms with van der Waals surface area (Å²) < 4.78 is 2.83. The molecule has 0 amide bonds. The molecule has 1 heterocycles. The molecule has 2 aromatic rings. The summed E-state index contributed by atoms with van der Waals surface area (Å²) in [6, 6.07) is 7.80. The Bertz CT molecular complexity index is 643. The van der Waals surface area contributed by atoms with Crippen LogP contribution >= 0.6 is 12.2 Å². The second-order valence-corrected chi connectivity index (χ2v) is 5.35. The highest BCUT2D eigenvalue weighted by atomic mass is 32.1. The van der Waals surface area contributed by atoms with Crippen LogP contribution in [0.2, 0.25) is 0 Å². The highest BCUT2D eigenvalue weighted by Crippen LogP contribution is 2.17. The number of hydrogen-bond acceptors (Lipinski definition) is 2. The molecule has 0 spiro atoms. The monoisotopic (exact) mass is 259 g/mol. The van der Waals surface area contributed by atoms with Crippen LogP contribution < -0.4 is 0 Å². The van der Waals surface area contributed by atoms with Crippen LogP contribution in [0.1, 0.15) is 32.3 Å². The maximum absolute atomic E-state index is 8.95. The molecule has 0 saturated heterocycles. The number of aromatic amines is 1. The lowest BCUT2D eigenvalue weighted by atomic mass is 10.1. The molecule has 1 aromatic heterocycles. The zero-order valence-electron chi connectivity index (χ0n) is 10.7. The minimum Gasteiger partial charge on any atom is -0.331 e. The molecule has 0 atom stereocenters. The van der Waals surface area contributed by atoms with Gasteiger partial charge in [-0.2, -0.15) is 5.26 Å². The van der Waals surface area contributed by atoms with E-state index in [0.717, 1.165) is 28.8 Å². The topological polar surface area (TPSA) is 44.5 Å². The predicted octanol–water partition coefficient (Wildman–Crippen LogP) is 4.01. The molecule has 0 fully saturated rings. The van der Waals surface area contributed by atoms with Gasteiger partial charge in [0.15, 0.2) is 4.77 Å². The fraction of sp³-hybridized carbons (Fsp3) is 0.429. The first-order valence-corrected chi connectivity index (χ1v) is 6.65. The van der Waals surface area contributed by atoms with Crippen molar-refractivity contribution in [2.75, 3.05) is 0 Å². The lowest BCUT2D eigenvalue weighted by Gasteiger charge is -2.06. The molecular weight excluding hydrogens is 242 g/mol. The Kier molecular flexibility index (Phi) is 3.83. The Labute approximate surface area is 112 Å². The third-order valence-electron chi connectivity index (χ3n) is 3.07. The van der Waals surface area contributed by atoms with Crippen molar-refractivity contribution in [3.8, 4) is 6.07 Å². The van der Waals surface area contributed by atoms with Gasteiger partial charge in [0.2, 0.25) is 0 Å². The maximum atomic E-state index is 8.95. The van der Waals surface area contributed by atoms with Gasteiger partial charge in [-0.15, -0.1) is 0 Å². The van der Waals surface area contributed by atoms with Gasteiger partial charge in [0.1, 0.15) is 0 Å². The fourth-order valence-corrected chi connectivity index (χ4v) is 2.40. The highest BCUT2D eigenvalue weighted by Gasteiger charge is 2.05. The summed E-state index contributed by atoms with van der Waals surface area (Å²) in [4.78, 5) is 3.18. The normalized spacial score (nSPS) is 11.0. The number of benzene rings is 1. The van der Waals surface area contributed by atoms with E-state index in [1.807, 2.05) is 18.2 Å². The van der Waals surface area contributed by atoms with Crippen LogP contribution in [0.3, 0.4) is 0 Å². The number of nitrogens with zero attached hydrogens (tertiary/aromatic N) is 2. The predicted molar refractivity (Wildman–Crippen MR) is 75.9 cm³/mol. The molecule has 94 valence electrons. The molecule has 3 nitrogen and oxygen atoms in total. The van der Waals surface area contributed by atoms with Crippen molar-refractivity contribution in [2.45, 2.75) is 33.2 Å². The van der Waals surface area contributed by atoms with Crippen LogP contribution in [0.15, 0.2) is 18.2 Å². The molecule has 2 rings (SSSR count). The zero-order chi connectivity index (χ0) is 13.1. The number of imidazole rings is 1. The smallest absolute Gasteiger partial charge is 0.178 e. The summed E-state index contributed by atoms with van der Waals surface area (Å²) in [6.45, 7) is 5.36. The lowest BCUT2D eigenvalue weighted by molar-refractivity contribution is 0.515. The van der Waals surface area contributed by atoms with E-state index in [1.165, 1.54) is 6.42 Å². The van der Waals surface area contributed by atoms with Crippen molar-refractivity contribution in [3.05, 3.63) is 28.5 Å². The number of fused-ring (bicyclic) bond motifs is 1. The van der Waals surface area contributed by atoms with E-state index in [0.29, 0.717) is 11.5 Å². The van der Waals surface area contributed by atoms with Crippen LogP contribution in [0.5, 0.6) is 0 Å². The minimum absolute atomic E-state index is 0.675. The van der Waals surface area contributed by atoms with Crippen molar-refractivity contribution < 1.29 is 0 Å². The first kappa shape index (κ1) is 12.8. The Balaban J connectivity index is 2.34. The Hall–Kier alpha value is -1.60. The highest BCUT2D eigenvalue weighted by molar-refractivity contribution is 7.71. The average Bonchev–Trinajstić information content (AvgIpc) is 2.64. The maximum Gasteiger partial charge on any atom is 0.178 e. The number of H-pyrrole nitrogens is 1. The van der Waals surface area contributed by atoms with E-state index in [1.54, 1.807) is 0 Å². The third kappa shape index (κ3) is 2.62. The summed E-state index contributed by atoms with van der Waals surface area (Å²) in [6.07, 6.45) is 2.29. The van der Waals surface area contributed by atoms with Gasteiger partial charge in [-0.25, -0.2) is 0 Å². The summed E-state index contributed by atoms with van der Waals surface area (Å²) in [7, 11) is 0. The van der Waals surface area contributed by atoms with E-state index < -0.39 is 0 Å². The summed E-state index contributed by atoms with van der Waals surface area (Å²) in [5.74, 6) is 0.707. The number of nitriles is 1. The summed E-state index contributed by atoms with van der Waals surface area (Å²) in [5, 5.41) is 8.95. The largest absolute Gasteiger partial charge is 0.331 e. The number of aromatic nitrogens is 2. The van der Waals surface area contributed by atoms with E-state index in [4.69, 9.17) is 17.5 Å². The molecule has 1 aromatic carbocycles. The molecule has 0 radical (unpaired) electrons. The van der Waals surface area contributed by atoms with Crippen molar-refractivity contribution in [1.82, 2.24) is 9.55 Å². The number of aryl methyl sites for hydroxylation is 1. The number of rotatable bonds is 4. The zero-order valence-corrected chi connectivity index (χ0v) is 11.5. The number of hydrogen-bond donors (Lipinski definition) is 1. The molecule has 0 aliphatic rings. The molecule has 0 aliphatic carbocycles. The van der Waals surface area contributed by atoms with Crippen LogP contribution in [-0.4, -0.2) is 9.55 Å². The van der Waals surface area contributed by atoms with Crippen LogP contribution in [0.4, 0.5) is 0 Å². The molecule has 0 bridgehead atoms. The molecule has 0 saturated carbocycles. The molecule has 0 aliphatic heterocycles. The van der Waals surface area contributed by atoms with Gasteiger partial charge >= 0.3 is 0 Å². The van der Waals surface area contributed by atoms with Gasteiger partial charge < -0.3 is 9.55 Å². The second kappa shape index (κ2) is 5.36. The van der Waals surface area contributed by atoms with E-state index in [2.05, 4.69) is 29.5 Å². The van der Waals surface area contributed by atoms with Crippen molar-refractivity contribution in [1.29, 1.82) is 5.26 Å². The van der Waals surface area contributed by atoms with Gasteiger partial charge in [0.05, 0.1) is 22.7 Å². The van der Waals surface area contributed by atoms with Crippen molar-refractivity contribution in [3.63, 3.8) is 0 Å². The van der Waals surface area contributed by atoms with Gasteiger partial charge in [0.25, 0.3) is 0 Å². The molecule has 4 heteroatoms. The van der Waals surface area contributed by atoms with E-state index in [-0.39, 0.29) is 0 Å². The van der Waals surface area contributed by atoms with Crippen LogP contribution in [-0.2, 0) is 6.54 Å².